The summed E-state index contributed by atoms with van der Waals surface area (Å²) in [5.74, 6) is -2.44. The normalized spacial score (nSPS) is 15.9. The van der Waals surface area contributed by atoms with Crippen molar-refractivity contribution in [1.29, 1.82) is 0 Å². The van der Waals surface area contributed by atoms with Gasteiger partial charge in [-0.25, -0.2) is 9.38 Å². The van der Waals surface area contributed by atoms with Crippen molar-refractivity contribution in [2.75, 3.05) is 25.0 Å². The van der Waals surface area contributed by atoms with Gasteiger partial charge in [0.1, 0.15) is 11.9 Å². The Hall–Kier alpha value is -3.45. The zero-order chi connectivity index (χ0) is 25.5. The van der Waals surface area contributed by atoms with Crippen LogP contribution in [0.1, 0.15) is 28.4 Å². The number of aliphatic imine (C=N–C) groups is 1. The van der Waals surface area contributed by atoms with Crippen LogP contribution in [0.25, 0.3) is 0 Å². The molecule has 1 aliphatic rings. The summed E-state index contributed by atoms with van der Waals surface area (Å²) in [6.07, 6.45) is 1.14. The second-order valence-electron chi connectivity index (χ2n) is 7.48. The Labute approximate surface area is 212 Å². The Morgan fingerprint density at radius 1 is 1.29 bits per heavy atom. The van der Waals surface area contributed by atoms with Gasteiger partial charge in [-0.2, -0.15) is 0 Å². The molecule has 35 heavy (non-hydrogen) atoms. The molecule has 2 heterocycles. The molecule has 11 nitrogen and oxygen atoms in total. The average molecular weight is 572 g/mol. The van der Waals surface area contributed by atoms with Crippen LogP contribution in [0.3, 0.4) is 0 Å². The number of aliphatic carboxylic acids is 1. The number of alkyl halides is 1. The number of anilines is 1. The number of rotatable bonds is 8. The molecule has 0 bridgehead atoms. The van der Waals surface area contributed by atoms with Crippen molar-refractivity contribution in [3.8, 4) is 5.75 Å². The van der Waals surface area contributed by atoms with Gasteiger partial charge >= 0.3 is 5.97 Å². The smallest absolute Gasteiger partial charge is 0.305 e. The Morgan fingerprint density at radius 3 is 2.74 bits per heavy atom. The number of carboxylic acids is 1. The number of hydrogen-bond acceptors (Lipinski definition) is 8. The molecule has 1 aromatic carbocycles. The summed E-state index contributed by atoms with van der Waals surface area (Å²) in [7, 11) is 0. The molecule has 0 aliphatic carbocycles. The number of pyridine rings is 1. The maximum atomic E-state index is 13.2. The van der Waals surface area contributed by atoms with Gasteiger partial charge in [0.2, 0.25) is 5.91 Å². The zero-order valence-corrected chi connectivity index (χ0v) is 20.4. The van der Waals surface area contributed by atoms with E-state index < -0.39 is 43.0 Å². The van der Waals surface area contributed by atoms with Gasteiger partial charge in [0.25, 0.3) is 5.91 Å². The number of aromatic hydroxyl groups is 1. The molecule has 2 amide bonds. The van der Waals surface area contributed by atoms with E-state index in [1.807, 2.05) is 0 Å². The van der Waals surface area contributed by atoms with Crippen molar-refractivity contribution in [2.24, 2.45) is 4.99 Å². The molecule has 3 rings (SSSR count). The molecule has 0 saturated carbocycles. The molecular formula is C21H21BrClFN6O5. The second-order valence-corrected chi connectivity index (χ2v) is 8.77. The molecule has 0 spiro atoms. The summed E-state index contributed by atoms with van der Waals surface area (Å²) in [6, 6.07) is 3.14. The molecule has 1 aromatic heterocycles. The predicted octanol–water partition coefficient (Wildman–Crippen LogP) is 1.97. The number of nitrogens with zero attached hydrogens (tertiary/aromatic N) is 2. The van der Waals surface area contributed by atoms with Crippen molar-refractivity contribution < 1.29 is 29.0 Å². The van der Waals surface area contributed by atoms with Gasteiger partial charge in [0.15, 0.2) is 5.96 Å². The van der Waals surface area contributed by atoms with Gasteiger partial charge in [-0.05, 0) is 34.1 Å². The van der Waals surface area contributed by atoms with Crippen molar-refractivity contribution in [3.05, 3.63) is 51.2 Å². The van der Waals surface area contributed by atoms with E-state index >= 15 is 0 Å². The topological polar surface area (TPSA) is 165 Å². The van der Waals surface area contributed by atoms with E-state index in [2.05, 4.69) is 47.2 Å². The van der Waals surface area contributed by atoms with Crippen molar-refractivity contribution >= 4 is 57.0 Å². The first kappa shape index (κ1) is 26.2. The van der Waals surface area contributed by atoms with E-state index in [0.717, 1.165) is 0 Å². The molecule has 1 aliphatic heterocycles. The number of carboxylic acid groups (broad SMARTS) is 1. The SMILES string of the molecule is O=C(O)C[C@@H](NC(=O)CNC(=O)c1cncc(NC2=NCC(F)CN2)c1)c1cc(Cl)cc(Br)c1O. The first-order chi connectivity index (χ1) is 16.6. The standard InChI is InChI=1S/C21H21BrClFN6O5/c22-15-3-11(23)2-14(19(15)34)16(4-18(32)33)30-17(31)9-26-20(35)10-1-13(8-25-5-10)29-21-27-6-12(24)7-28-21/h1-3,5,8,12,16,34H,4,6-7,9H2,(H,26,35)(H,30,31)(H,32,33)(H2,27,28,29)/t16-/m1/s1. The fourth-order valence-electron chi connectivity index (χ4n) is 3.14. The highest BCUT2D eigenvalue weighted by atomic mass is 79.9. The maximum absolute atomic E-state index is 13.2. The van der Waals surface area contributed by atoms with Crippen LogP contribution in [0, 0.1) is 0 Å². The summed E-state index contributed by atoms with van der Waals surface area (Å²) >= 11 is 9.12. The fraction of sp³-hybridized carbons (Fsp3) is 0.286. The van der Waals surface area contributed by atoms with Crippen LogP contribution in [0.15, 0.2) is 40.1 Å². The first-order valence-corrected chi connectivity index (χ1v) is 11.4. The summed E-state index contributed by atoms with van der Waals surface area (Å²) < 4.78 is 13.4. The Morgan fingerprint density at radius 2 is 2.06 bits per heavy atom. The Bertz CT molecular complexity index is 1170. The highest BCUT2D eigenvalue weighted by molar-refractivity contribution is 9.10. The van der Waals surface area contributed by atoms with Crippen molar-refractivity contribution in [1.82, 2.24) is 20.9 Å². The van der Waals surface area contributed by atoms with Crippen LogP contribution in [-0.2, 0) is 9.59 Å². The van der Waals surface area contributed by atoms with E-state index in [9.17, 15) is 29.0 Å². The van der Waals surface area contributed by atoms with Crippen molar-refractivity contribution in [3.63, 3.8) is 0 Å². The molecule has 1 unspecified atom stereocenters. The number of phenolic OH excluding ortho intramolecular Hbond substituents is 1. The molecule has 2 atom stereocenters. The summed E-state index contributed by atoms with van der Waals surface area (Å²) in [4.78, 5) is 44.2. The Balaban J connectivity index is 1.62. The molecule has 6 N–H and O–H groups in total. The van der Waals surface area contributed by atoms with E-state index in [4.69, 9.17) is 11.6 Å². The Kier molecular flexibility index (Phi) is 8.82. The third-order valence-corrected chi connectivity index (χ3v) is 5.58. The minimum atomic E-state index is -1.22. The van der Waals surface area contributed by atoms with Gasteiger partial charge in [0, 0.05) is 16.8 Å². The maximum Gasteiger partial charge on any atom is 0.305 e. The largest absolute Gasteiger partial charge is 0.506 e. The van der Waals surface area contributed by atoms with Crippen LogP contribution in [0.4, 0.5) is 10.1 Å². The van der Waals surface area contributed by atoms with Crippen LogP contribution in [0.5, 0.6) is 5.75 Å². The van der Waals surface area contributed by atoms with Crippen LogP contribution >= 0.6 is 27.5 Å². The van der Waals surface area contributed by atoms with E-state index in [-0.39, 0.29) is 39.5 Å². The number of nitrogens with one attached hydrogen (secondary N) is 4. The van der Waals surface area contributed by atoms with Gasteiger partial charge < -0.3 is 31.5 Å². The molecule has 186 valence electrons. The average Bonchev–Trinajstić information content (AvgIpc) is 2.81. The minimum Gasteiger partial charge on any atom is -0.506 e. The van der Waals surface area contributed by atoms with E-state index in [0.29, 0.717) is 11.6 Å². The molecular weight excluding hydrogens is 551 g/mol. The molecule has 2 aromatic rings. The molecule has 0 fully saturated rings. The molecule has 0 radical (unpaired) electrons. The first-order valence-electron chi connectivity index (χ1n) is 10.2. The number of carbonyl (C=O) groups excluding carboxylic acids is 2. The van der Waals surface area contributed by atoms with Crippen molar-refractivity contribution in [2.45, 2.75) is 18.6 Å². The third kappa shape index (κ3) is 7.52. The lowest BCUT2D eigenvalue weighted by molar-refractivity contribution is -0.137. The van der Waals surface area contributed by atoms with Gasteiger partial charge in [0.05, 0.1) is 54.0 Å². The third-order valence-electron chi connectivity index (χ3n) is 4.76. The van der Waals surface area contributed by atoms with Crippen LogP contribution in [-0.4, -0.2) is 64.7 Å². The number of aromatic nitrogens is 1. The van der Waals surface area contributed by atoms with E-state index in [1.165, 1.54) is 30.6 Å². The lowest BCUT2D eigenvalue weighted by Crippen LogP contribution is -2.41. The predicted molar refractivity (Wildman–Crippen MR) is 129 cm³/mol. The molecule has 0 saturated heterocycles. The van der Waals surface area contributed by atoms with Gasteiger partial charge in [-0.3, -0.25) is 19.4 Å². The summed E-state index contributed by atoms with van der Waals surface area (Å²) in [6.45, 7) is -0.340. The fourth-order valence-corrected chi connectivity index (χ4v) is 3.98. The number of benzene rings is 1. The quantitative estimate of drug-likeness (QED) is 0.280. The van der Waals surface area contributed by atoms with E-state index in [1.54, 1.807) is 0 Å². The van der Waals surface area contributed by atoms with Gasteiger partial charge in [-0.1, -0.05) is 11.6 Å². The molecule has 14 heteroatoms. The highest BCUT2D eigenvalue weighted by Crippen LogP contribution is 2.36. The monoisotopic (exact) mass is 570 g/mol. The lowest BCUT2D eigenvalue weighted by Gasteiger charge is -2.20. The summed E-state index contributed by atoms with van der Waals surface area (Å²) in [5.41, 5.74) is 0.669. The van der Waals surface area contributed by atoms with Gasteiger partial charge in [-0.15, -0.1) is 0 Å². The number of phenols is 1. The lowest BCUT2D eigenvalue weighted by atomic mass is 10.0. The number of halogens is 3. The highest BCUT2D eigenvalue weighted by Gasteiger charge is 2.23. The van der Waals surface area contributed by atoms with Crippen LogP contribution in [0.2, 0.25) is 5.02 Å². The zero-order valence-electron chi connectivity index (χ0n) is 18.0. The van der Waals surface area contributed by atoms with Crippen LogP contribution < -0.4 is 21.3 Å². The second kappa shape index (κ2) is 11.8. The number of guanidine groups is 1. The number of carbonyl (C=O) groups is 3. The minimum absolute atomic E-state index is 0.0187. The number of hydrogen-bond donors (Lipinski definition) is 6. The summed E-state index contributed by atoms with van der Waals surface area (Å²) in [5, 5.41) is 30.3. The number of amides is 2.